The van der Waals surface area contributed by atoms with Crippen molar-refractivity contribution in [2.75, 3.05) is 20.7 Å². The van der Waals surface area contributed by atoms with E-state index in [9.17, 15) is 29.1 Å². The number of amides is 1. The number of carbonyl (C=O) groups excluding carboxylic acids is 5. The normalized spacial score (nSPS) is 36.5. The number of aliphatic hydroxyl groups excluding tert-OH is 1. The van der Waals surface area contributed by atoms with Crippen molar-refractivity contribution >= 4 is 46.8 Å². The zero-order valence-corrected chi connectivity index (χ0v) is 35.1. The number of carbonyl (C=O) groups is 5. The molecule has 0 radical (unpaired) electrons. The minimum absolute atomic E-state index is 0.181. The maximum Gasteiger partial charge on any atom is 0.509 e. The molecule has 13 atom stereocenters. The Bertz CT molecular complexity index is 1870. The van der Waals surface area contributed by atoms with Crippen LogP contribution in [0.5, 0.6) is 0 Å². The molecule has 1 aromatic carbocycles. The van der Waals surface area contributed by atoms with Crippen LogP contribution in [0.3, 0.4) is 0 Å². The Morgan fingerprint density at radius 3 is 2.47 bits per heavy atom. The van der Waals surface area contributed by atoms with Gasteiger partial charge >= 0.3 is 18.2 Å². The second-order valence-corrected chi connectivity index (χ2v) is 16.7. The minimum atomic E-state index is -1.80. The average Bonchev–Trinajstić information content (AvgIpc) is 3.50. The van der Waals surface area contributed by atoms with Crippen LogP contribution in [0.25, 0.3) is 17.0 Å². The van der Waals surface area contributed by atoms with Crippen LogP contribution in [0.15, 0.2) is 42.6 Å². The van der Waals surface area contributed by atoms with Gasteiger partial charge in [0.2, 0.25) is 0 Å². The number of rotatable bonds is 8. The molecule has 15 heteroatoms. The highest BCUT2D eigenvalue weighted by molar-refractivity contribution is 6.00. The Balaban J connectivity index is 1.51. The Morgan fingerprint density at radius 1 is 1.05 bits per heavy atom. The van der Waals surface area contributed by atoms with Gasteiger partial charge in [0.1, 0.15) is 42.2 Å². The highest BCUT2D eigenvalue weighted by atomic mass is 16.8. The first kappa shape index (κ1) is 44.7. The molecule has 0 spiro atoms. The number of pyridine rings is 1. The second-order valence-electron chi connectivity index (χ2n) is 16.7. The van der Waals surface area contributed by atoms with Gasteiger partial charge in [-0.3, -0.25) is 19.4 Å². The van der Waals surface area contributed by atoms with Crippen molar-refractivity contribution < 1.29 is 57.5 Å². The number of aliphatic hydroxyl groups is 1. The number of aromatic nitrogens is 1. The minimum Gasteiger partial charge on any atom is -0.458 e. The monoisotopic (exact) mass is 809 g/mol. The van der Waals surface area contributed by atoms with Gasteiger partial charge in [-0.1, -0.05) is 45.9 Å². The summed E-state index contributed by atoms with van der Waals surface area (Å²) in [5, 5.41) is 15.2. The van der Waals surface area contributed by atoms with Gasteiger partial charge in [-0.15, -0.1) is 0 Å². The molecule has 3 fully saturated rings. The number of hydrogen-bond acceptors (Lipinski definition) is 14. The lowest BCUT2D eigenvalue weighted by Gasteiger charge is -2.46. The van der Waals surface area contributed by atoms with Crippen LogP contribution in [0.1, 0.15) is 80.2 Å². The van der Waals surface area contributed by atoms with Gasteiger partial charge in [-0.25, -0.2) is 9.59 Å². The fourth-order valence-electron chi connectivity index (χ4n) is 8.80. The number of hydrogen-bond donors (Lipinski definition) is 2. The van der Waals surface area contributed by atoms with E-state index >= 15 is 0 Å². The topological polar surface area (TPSA) is 189 Å². The third-order valence-corrected chi connectivity index (χ3v) is 12.0. The third-order valence-electron chi connectivity index (χ3n) is 12.0. The molecule has 0 unspecified atom stereocenters. The highest BCUT2D eigenvalue weighted by Crippen LogP contribution is 2.40. The van der Waals surface area contributed by atoms with Gasteiger partial charge < -0.3 is 43.7 Å². The molecule has 318 valence electrons. The molecule has 2 N–H and O–H groups in total. The van der Waals surface area contributed by atoms with Crippen molar-refractivity contribution in [1.82, 2.24) is 15.2 Å². The molecule has 15 nitrogen and oxygen atoms in total. The molecule has 0 saturated carbocycles. The smallest absolute Gasteiger partial charge is 0.458 e. The van der Waals surface area contributed by atoms with Gasteiger partial charge in [0.25, 0.3) is 0 Å². The number of ketones is 2. The molecule has 4 heterocycles. The summed E-state index contributed by atoms with van der Waals surface area (Å²) in [7, 11) is 3.64. The van der Waals surface area contributed by atoms with Gasteiger partial charge in [-0.05, 0) is 90.9 Å². The predicted octanol–water partition coefficient (Wildman–Crippen LogP) is 5.25. The molecule has 0 bridgehead atoms. The van der Waals surface area contributed by atoms with E-state index in [1.54, 1.807) is 46.0 Å². The summed E-state index contributed by atoms with van der Waals surface area (Å²) < 4.78 is 36.0. The first-order valence-electron chi connectivity index (χ1n) is 20.1. The molecule has 3 aliphatic heterocycles. The largest absolute Gasteiger partial charge is 0.509 e. The van der Waals surface area contributed by atoms with E-state index in [1.165, 1.54) is 20.8 Å². The first-order chi connectivity index (χ1) is 27.3. The fourth-order valence-corrected chi connectivity index (χ4v) is 8.80. The second kappa shape index (κ2) is 18.2. The molecule has 0 aliphatic carbocycles. The molecular formula is C43H59N3O12. The number of nitrogens with one attached hydrogen (secondary N) is 1. The lowest BCUT2D eigenvalue weighted by molar-refractivity contribution is -0.293. The summed E-state index contributed by atoms with van der Waals surface area (Å²) in [5.74, 6) is -6.07. The van der Waals surface area contributed by atoms with Gasteiger partial charge in [-0.2, -0.15) is 0 Å². The maximum atomic E-state index is 14.4. The van der Waals surface area contributed by atoms with Crippen LogP contribution in [0.4, 0.5) is 9.59 Å². The highest BCUT2D eigenvalue weighted by Gasteiger charge is 2.57. The summed E-state index contributed by atoms with van der Waals surface area (Å²) in [5.41, 5.74) is -1.56. The lowest BCUT2D eigenvalue weighted by Crippen LogP contribution is -2.60. The summed E-state index contributed by atoms with van der Waals surface area (Å²) in [6.45, 7) is 12.8. The van der Waals surface area contributed by atoms with E-state index in [4.69, 9.17) is 28.4 Å². The average molecular weight is 810 g/mol. The SMILES string of the molecule is CC[C@H]1OC(=O)[C@H](C)C(=O)[C@H](C)[C@@H](O[C@@H]2O[C@H](C)C[C@H](N(C)C)[C@H]2O)[C@](C)(OC(=O)OCC=Cc2ccc3ncccc3c2)C[C@@H](C)C(=O)[C@H](C)[C@H]2NC(=O)O[C@@]21C. The summed E-state index contributed by atoms with van der Waals surface area (Å²) >= 11 is 0. The first-order valence-corrected chi connectivity index (χ1v) is 20.1. The molecule has 3 aliphatic rings. The molecule has 5 rings (SSSR count). The molecule has 2 aromatic rings. The van der Waals surface area contributed by atoms with E-state index in [1.807, 2.05) is 56.3 Å². The molecule has 58 heavy (non-hydrogen) atoms. The summed E-state index contributed by atoms with van der Waals surface area (Å²) in [6.07, 6.45) is -1.45. The maximum absolute atomic E-state index is 14.4. The zero-order chi connectivity index (χ0) is 42.7. The number of alkyl carbamates (subject to hydrolysis) is 1. The van der Waals surface area contributed by atoms with Gasteiger partial charge in [0, 0.05) is 35.4 Å². The number of benzene rings is 1. The number of fused-ring (bicyclic) bond motifs is 2. The van der Waals surface area contributed by atoms with Crippen molar-refractivity contribution in [3.63, 3.8) is 0 Å². The number of ether oxygens (including phenoxy) is 6. The van der Waals surface area contributed by atoms with Gasteiger partial charge in [0.05, 0.1) is 17.7 Å². The van der Waals surface area contributed by atoms with E-state index in [2.05, 4.69) is 10.3 Å². The number of likely N-dealkylation sites (N-methyl/N-ethyl adjacent to an activating group) is 1. The Kier molecular flexibility index (Phi) is 14.0. The third kappa shape index (κ3) is 9.54. The van der Waals surface area contributed by atoms with Crippen molar-refractivity contribution in [3.8, 4) is 0 Å². The van der Waals surface area contributed by atoms with E-state index in [0.29, 0.717) is 6.42 Å². The van der Waals surface area contributed by atoms with Crippen molar-refractivity contribution in [3.05, 3.63) is 48.2 Å². The Hall–Kier alpha value is -4.44. The van der Waals surface area contributed by atoms with Crippen LogP contribution in [-0.2, 0) is 42.8 Å². The number of nitrogens with zero attached hydrogens (tertiary/aromatic N) is 2. The number of cyclic esters (lactones) is 1. The zero-order valence-electron chi connectivity index (χ0n) is 35.1. The van der Waals surface area contributed by atoms with Crippen LogP contribution in [0, 0.1) is 23.7 Å². The van der Waals surface area contributed by atoms with Crippen LogP contribution in [0.2, 0.25) is 0 Å². The van der Waals surface area contributed by atoms with Crippen LogP contribution < -0.4 is 5.32 Å². The van der Waals surface area contributed by atoms with Crippen LogP contribution >= 0.6 is 0 Å². The Morgan fingerprint density at radius 2 is 1.78 bits per heavy atom. The Labute approximate surface area is 340 Å². The van der Waals surface area contributed by atoms with E-state index in [-0.39, 0.29) is 37.4 Å². The molecule has 3 saturated heterocycles. The summed E-state index contributed by atoms with van der Waals surface area (Å²) in [4.78, 5) is 75.2. The van der Waals surface area contributed by atoms with Crippen LogP contribution in [-0.4, -0.2) is 119 Å². The number of esters is 1. The van der Waals surface area contributed by atoms with Crippen molar-refractivity contribution in [2.45, 2.75) is 129 Å². The quantitative estimate of drug-likeness (QED) is 0.200. The fraction of sp³-hybridized carbons (Fsp3) is 0.628. The molecule has 1 aromatic heterocycles. The predicted molar refractivity (Wildman–Crippen MR) is 212 cm³/mol. The van der Waals surface area contributed by atoms with E-state index < -0.39 is 89.5 Å². The van der Waals surface area contributed by atoms with E-state index in [0.717, 1.165) is 16.5 Å². The van der Waals surface area contributed by atoms with Gasteiger partial charge in [0.15, 0.2) is 17.7 Å². The summed E-state index contributed by atoms with van der Waals surface area (Å²) in [6, 6.07) is 8.20. The van der Waals surface area contributed by atoms with Crippen molar-refractivity contribution in [2.24, 2.45) is 23.7 Å². The molecule has 1 amide bonds. The molecular weight excluding hydrogens is 750 g/mol. The standard InChI is InChI=1S/C43H59N3O12/c1-11-32-43(8)36(45-40(51)57-43)25(4)33(47)23(2)22-42(7,58-41(52)53-19-13-14-28-16-17-30-29(21-28)15-12-18-44-30)37(26(5)34(48)27(6)38(50)55-32)56-39-35(49)31(46(9)10)20-24(3)54-39/h12-18,21,23-27,31-32,35-37,39,49H,11,19-20,22H2,1-10H3,(H,45,51)/t23-,24-,25+,26+,27-,31+,32-,35-,36-,37-,39+,42-,43-/m1/s1. The van der Waals surface area contributed by atoms with Crippen molar-refractivity contribution in [1.29, 1.82) is 0 Å². The number of Topliss-reactive ketones (excluding diaryl/α,β-unsaturated/α-hetero) is 2. The lowest BCUT2D eigenvalue weighted by atomic mass is 9.73.